The van der Waals surface area contributed by atoms with Gasteiger partial charge in [-0.3, -0.25) is 14.5 Å². The molecule has 4 fully saturated rings. The first-order valence-electron chi connectivity index (χ1n) is 15.1. The van der Waals surface area contributed by atoms with Gasteiger partial charge in [-0.25, -0.2) is 0 Å². The molecule has 0 bridgehead atoms. The van der Waals surface area contributed by atoms with Crippen LogP contribution in [0.4, 0.5) is 0 Å². The summed E-state index contributed by atoms with van der Waals surface area (Å²) in [7, 11) is 0. The van der Waals surface area contributed by atoms with Crippen LogP contribution in [-0.4, -0.2) is 46.3 Å². The van der Waals surface area contributed by atoms with E-state index >= 15 is 0 Å². The number of rotatable bonds is 1. The predicted molar refractivity (Wildman–Crippen MR) is 147 cm³/mol. The molecule has 1 aliphatic heterocycles. The zero-order valence-electron chi connectivity index (χ0n) is 24.3. The maximum atomic E-state index is 14.4. The number of carbonyl (C=O) groups is 2. The number of nitriles is 1. The van der Waals surface area contributed by atoms with Crippen molar-refractivity contribution in [3.63, 3.8) is 0 Å². The van der Waals surface area contributed by atoms with Crippen LogP contribution >= 0.6 is 0 Å². The highest BCUT2D eigenvalue weighted by Crippen LogP contribution is 2.72. The maximum Gasteiger partial charge on any atom is 0.178 e. The Hall–Kier alpha value is -1.77. The lowest BCUT2D eigenvalue weighted by atomic mass is 9.36. The fourth-order valence-corrected chi connectivity index (χ4v) is 10.5. The zero-order chi connectivity index (χ0) is 27.5. The number of ketones is 2. The lowest BCUT2D eigenvalue weighted by Crippen LogP contribution is -2.64. The molecule has 1 N–H and O–H groups in total. The Morgan fingerprint density at radius 3 is 2.34 bits per heavy atom. The number of nitrogens with zero attached hydrogens (tertiary/aromatic N) is 2. The average Bonchev–Trinajstić information content (AvgIpc) is 3.30. The van der Waals surface area contributed by atoms with E-state index in [9.17, 15) is 20.0 Å². The smallest absolute Gasteiger partial charge is 0.178 e. The first kappa shape index (κ1) is 26.5. The van der Waals surface area contributed by atoms with Crippen LogP contribution in [0.15, 0.2) is 23.3 Å². The minimum atomic E-state index is -0.593. The standard InChI is InChI=1S/C33H46N2O3/c1-29(2)23-7-9-32(5)24(22(23)15-20(18-34)28(29)38)16-26(37)27-25-17-31(4,35-14-8-21(36)19-35)12-10-30(25,3)11-13-33(27,32)6/h15-16,21-23,25,27,36H,7-14,17,19H2,1-6H3/t21?,22?,23?,25-,27?,30?,31?,32?,33+/m0/s1. The number of aliphatic hydroxyl groups is 1. The highest BCUT2D eigenvalue weighted by molar-refractivity contribution is 6.04. The summed E-state index contributed by atoms with van der Waals surface area (Å²) in [6.45, 7) is 15.3. The second-order valence-electron chi connectivity index (χ2n) is 15.5. The molecular formula is C33H46N2O3. The fourth-order valence-electron chi connectivity index (χ4n) is 10.5. The van der Waals surface area contributed by atoms with E-state index in [0.717, 1.165) is 64.5 Å². The highest BCUT2D eigenvalue weighted by atomic mass is 16.3. The first-order valence-corrected chi connectivity index (χ1v) is 15.1. The van der Waals surface area contributed by atoms with Gasteiger partial charge >= 0.3 is 0 Å². The van der Waals surface area contributed by atoms with Crippen LogP contribution in [0.2, 0.25) is 0 Å². The minimum absolute atomic E-state index is 0.00338. The molecule has 0 radical (unpaired) electrons. The number of likely N-dealkylation sites (tertiary alicyclic amines) is 1. The Bertz CT molecular complexity index is 1190. The molecule has 3 saturated carbocycles. The van der Waals surface area contributed by atoms with Crippen LogP contribution in [0.5, 0.6) is 0 Å². The van der Waals surface area contributed by atoms with Gasteiger partial charge in [0.15, 0.2) is 11.6 Å². The normalized spacial score (nSPS) is 50.1. The van der Waals surface area contributed by atoms with E-state index in [2.05, 4.69) is 38.7 Å². The summed E-state index contributed by atoms with van der Waals surface area (Å²) in [4.78, 5) is 30.0. The Morgan fingerprint density at radius 2 is 1.68 bits per heavy atom. The molecule has 0 aromatic heterocycles. The summed E-state index contributed by atoms with van der Waals surface area (Å²) in [6.07, 6.45) is 12.0. The number of Topliss-reactive ketones (excluding diaryl/α,β-unsaturated/α-hetero) is 1. The summed E-state index contributed by atoms with van der Waals surface area (Å²) >= 11 is 0. The quantitative estimate of drug-likeness (QED) is 0.486. The van der Waals surface area contributed by atoms with Crippen molar-refractivity contribution in [1.29, 1.82) is 5.26 Å². The molecule has 5 heteroatoms. The van der Waals surface area contributed by atoms with Crippen LogP contribution in [-0.2, 0) is 9.59 Å². The summed E-state index contributed by atoms with van der Waals surface area (Å²) in [5, 5.41) is 20.1. The third-order valence-corrected chi connectivity index (χ3v) is 13.5. The Morgan fingerprint density at radius 1 is 0.974 bits per heavy atom. The van der Waals surface area contributed by atoms with Crippen molar-refractivity contribution in [2.45, 2.75) is 105 Å². The van der Waals surface area contributed by atoms with E-state index in [1.54, 1.807) is 0 Å². The summed E-state index contributed by atoms with van der Waals surface area (Å²) in [5.74, 6) is 0.674. The Balaban J connectivity index is 1.42. The SMILES string of the molecule is CC1(C)C(=O)C(C#N)=CC2C3=CC(=O)C4[C@@H]5CC(C)(N6CCC(O)C6)CCC5(C)CC[C@@]4(C)C3(C)CCC21. The van der Waals surface area contributed by atoms with Crippen LogP contribution in [0.25, 0.3) is 0 Å². The van der Waals surface area contributed by atoms with E-state index in [1.165, 1.54) is 5.57 Å². The number of hydrogen-bond acceptors (Lipinski definition) is 5. The molecule has 0 amide bonds. The van der Waals surface area contributed by atoms with E-state index < -0.39 is 5.41 Å². The predicted octanol–water partition coefficient (Wildman–Crippen LogP) is 5.63. The van der Waals surface area contributed by atoms with Crippen LogP contribution < -0.4 is 0 Å². The molecule has 1 saturated heterocycles. The first-order chi connectivity index (χ1) is 17.7. The van der Waals surface area contributed by atoms with Gasteiger partial charge in [-0.05, 0) is 92.4 Å². The molecule has 206 valence electrons. The van der Waals surface area contributed by atoms with E-state index in [0.29, 0.717) is 5.92 Å². The summed E-state index contributed by atoms with van der Waals surface area (Å²) < 4.78 is 0. The molecule has 6 rings (SSSR count). The fraction of sp³-hybridized carbons (Fsp3) is 0.788. The zero-order valence-corrected chi connectivity index (χ0v) is 24.3. The van der Waals surface area contributed by atoms with Gasteiger partial charge < -0.3 is 5.11 Å². The lowest BCUT2D eigenvalue weighted by molar-refractivity contribution is -0.167. The van der Waals surface area contributed by atoms with Gasteiger partial charge in [0, 0.05) is 35.9 Å². The topological polar surface area (TPSA) is 81.4 Å². The third kappa shape index (κ3) is 3.29. The van der Waals surface area contributed by atoms with E-state index in [1.807, 2.05) is 26.0 Å². The monoisotopic (exact) mass is 518 g/mol. The highest BCUT2D eigenvalue weighted by Gasteiger charge is 2.67. The minimum Gasteiger partial charge on any atom is -0.392 e. The van der Waals surface area contributed by atoms with Crippen molar-refractivity contribution >= 4 is 11.6 Å². The van der Waals surface area contributed by atoms with Crippen molar-refractivity contribution in [3.8, 4) is 6.07 Å². The van der Waals surface area contributed by atoms with Gasteiger partial charge in [0.1, 0.15) is 6.07 Å². The second-order valence-corrected chi connectivity index (χ2v) is 15.5. The number of carbonyl (C=O) groups excluding carboxylic acids is 2. The molecule has 7 unspecified atom stereocenters. The van der Waals surface area contributed by atoms with E-state index in [4.69, 9.17) is 0 Å². The van der Waals surface area contributed by atoms with Crippen molar-refractivity contribution < 1.29 is 14.7 Å². The maximum absolute atomic E-state index is 14.4. The number of aliphatic hydroxyl groups excluding tert-OH is 1. The van der Waals surface area contributed by atoms with Gasteiger partial charge in [-0.1, -0.05) is 46.3 Å². The van der Waals surface area contributed by atoms with E-state index in [-0.39, 0.29) is 62.8 Å². The lowest BCUT2D eigenvalue weighted by Gasteiger charge is -2.67. The second kappa shape index (κ2) is 8.14. The Kier molecular flexibility index (Phi) is 5.66. The van der Waals surface area contributed by atoms with Crippen molar-refractivity contribution in [3.05, 3.63) is 23.3 Å². The molecule has 0 spiro atoms. The molecule has 0 aromatic rings. The van der Waals surface area contributed by atoms with Crippen molar-refractivity contribution in [1.82, 2.24) is 4.90 Å². The van der Waals surface area contributed by atoms with Crippen molar-refractivity contribution in [2.24, 2.45) is 45.3 Å². The average molecular weight is 519 g/mol. The third-order valence-electron chi connectivity index (χ3n) is 13.5. The summed E-state index contributed by atoms with van der Waals surface area (Å²) in [5.41, 5.74) is 0.802. The van der Waals surface area contributed by atoms with Crippen LogP contribution in [0.1, 0.15) is 92.9 Å². The molecule has 6 aliphatic rings. The molecule has 1 heterocycles. The molecular weight excluding hydrogens is 472 g/mol. The van der Waals surface area contributed by atoms with Gasteiger partial charge in [0.05, 0.1) is 11.7 Å². The molecule has 5 nitrogen and oxygen atoms in total. The molecule has 38 heavy (non-hydrogen) atoms. The molecule has 0 aromatic carbocycles. The number of fused-ring (bicyclic) bond motifs is 7. The number of hydrogen-bond donors (Lipinski definition) is 1. The van der Waals surface area contributed by atoms with Gasteiger partial charge in [0.25, 0.3) is 0 Å². The van der Waals surface area contributed by atoms with Gasteiger partial charge in [-0.2, -0.15) is 5.26 Å². The largest absolute Gasteiger partial charge is 0.392 e. The molecule has 9 atom stereocenters. The molecule has 5 aliphatic carbocycles. The van der Waals surface area contributed by atoms with Crippen LogP contribution in [0.3, 0.4) is 0 Å². The number of β-amino-alcohol motifs (C(OH)–C–C–N with tert-alkyl or cyclic N) is 1. The summed E-state index contributed by atoms with van der Waals surface area (Å²) in [6, 6.07) is 2.19. The van der Waals surface area contributed by atoms with Gasteiger partial charge in [-0.15, -0.1) is 0 Å². The Labute approximate surface area is 228 Å². The van der Waals surface area contributed by atoms with Crippen molar-refractivity contribution in [2.75, 3.05) is 13.1 Å². The van der Waals surface area contributed by atoms with Gasteiger partial charge in [0.2, 0.25) is 0 Å². The number of allylic oxidation sites excluding steroid dienone is 4. The van der Waals surface area contributed by atoms with Crippen LogP contribution in [0, 0.1) is 56.7 Å².